The minimum Gasteiger partial charge on any atom is -0.505 e. The van der Waals surface area contributed by atoms with E-state index >= 15 is 0 Å². The number of nitrogens with one attached hydrogen (secondary N) is 1. The van der Waals surface area contributed by atoms with E-state index in [1.54, 1.807) is 0 Å². The molecule has 1 aliphatic carbocycles. The van der Waals surface area contributed by atoms with E-state index in [1.807, 2.05) is 72.8 Å². The van der Waals surface area contributed by atoms with Gasteiger partial charge in [-0.05, 0) is 24.0 Å². The Hall–Kier alpha value is -3.66. The molecule has 2 N–H and O–H groups in total. The molecule has 1 saturated carbocycles. The Bertz CT molecular complexity index is 1330. The SMILES string of the molecule is O=C(NC(CC1CCCCCCCCC1)c1ccccc1)c1c(O)c(-c2ccccc2)nc2ccccc12. The number of aromatic nitrogens is 1. The summed E-state index contributed by atoms with van der Waals surface area (Å²) in [5, 5.41) is 15.4. The molecule has 196 valence electrons. The summed E-state index contributed by atoms with van der Waals surface area (Å²) in [6.07, 6.45) is 12.5. The molecule has 38 heavy (non-hydrogen) atoms. The second-order valence-corrected chi connectivity index (χ2v) is 10.7. The van der Waals surface area contributed by atoms with Crippen molar-refractivity contribution in [2.24, 2.45) is 5.92 Å². The molecule has 1 aromatic heterocycles. The molecule has 0 spiro atoms. The number of rotatable bonds is 6. The van der Waals surface area contributed by atoms with Gasteiger partial charge in [-0.2, -0.15) is 0 Å². The molecule has 1 fully saturated rings. The smallest absolute Gasteiger partial charge is 0.256 e. The minimum atomic E-state index is -0.257. The van der Waals surface area contributed by atoms with Crippen LogP contribution in [-0.2, 0) is 0 Å². The highest BCUT2D eigenvalue weighted by atomic mass is 16.3. The van der Waals surface area contributed by atoms with Gasteiger partial charge in [-0.15, -0.1) is 0 Å². The van der Waals surface area contributed by atoms with E-state index in [9.17, 15) is 9.90 Å². The lowest BCUT2D eigenvalue weighted by Gasteiger charge is -2.26. The van der Waals surface area contributed by atoms with Crippen molar-refractivity contribution in [3.05, 3.63) is 96.1 Å². The van der Waals surface area contributed by atoms with Gasteiger partial charge in [0.05, 0.1) is 17.1 Å². The summed E-state index contributed by atoms with van der Waals surface area (Å²) in [6.45, 7) is 0. The van der Waals surface area contributed by atoms with Gasteiger partial charge in [-0.3, -0.25) is 4.79 Å². The maximum absolute atomic E-state index is 14.0. The molecular weight excluding hydrogens is 468 g/mol. The Kier molecular flexibility index (Phi) is 8.70. The molecule has 0 radical (unpaired) electrons. The van der Waals surface area contributed by atoms with Gasteiger partial charge < -0.3 is 10.4 Å². The van der Waals surface area contributed by atoms with E-state index < -0.39 is 0 Å². The molecule has 4 heteroatoms. The fourth-order valence-corrected chi connectivity index (χ4v) is 5.89. The van der Waals surface area contributed by atoms with Gasteiger partial charge in [0.15, 0.2) is 5.75 Å². The van der Waals surface area contributed by atoms with Gasteiger partial charge in [-0.25, -0.2) is 4.98 Å². The van der Waals surface area contributed by atoms with E-state index in [2.05, 4.69) is 17.4 Å². The number of hydrogen-bond donors (Lipinski definition) is 2. The highest BCUT2D eigenvalue weighted by Crippen LogP contribution is 2.36. The summed E-state index contributed by atoms with van der Waals surface area (Å²) in [4.78, 5) is 18.7. The number of carbonyl (C=O) groups is 1. The normalized spacial score (nSPS) is 16.1. The number of benzene rings is 3. The number of para-hydroxylation sites is 1. The van der Waals surface area contributed by atoms with Crippen molar-refractivity contribution < 1.29 is 9.90 Å². The van der Waals surface area contributed by atoms with Crippen LogP contribution in [0.25, 0.3) is 22.2 Å². The first-order valence-corrected chi connectivity index (χ1v) is 14.2. The molecule has 3 aromatic carbocycles. The molecule has 5 rings (SSSR count). The standard InChI is InChI=1S/C34H38N2O2/c37-33-31(28-22-14-15-23-29(28)35-32(33)27-20-12-7-13-21-27)34(38)36-30(26-18-10-6-11-19-26)24-25-16-8-4-2-1-3-5-9-17-25/h6-7,10-15,18-23,25,30,37H,1-5,8-9,16-17,24H2,(H,36,38). The monoisotopic (exact) mass is 506 g/mol. The first-order valence-electron chi connectivity index (χ1n) is 14.2. The highest BCUT2D eigenvalue weighted by Gasteiger charge is 2.25. The molecule has 4 nitrogen and oxygen atoms in total. The minimum absolute atomic E-state index is 0.0714. The maximum atomic E-state index is 14.0. The second-order valence-electron chi connectivity index (χ2n) is 10.7. The lowest BCUT2D eigenvalue weighted by atomic mass is 9.85. The lowest BCUT2D eigenvalue weighted by molar-refractivity contribution is 0.0928. The fraction of sp³-hybridized carbons (Fsp3) is 0.353. The molecular formula is C34H38N2O2. The average molecular weight is 507 g/mol. The summed E-state index contributed by atoms with van der Waals surface area (Å²) in [7, 11) is 0. The van der Waals surface area contributed by atoms with Gasteiger partial charge in [0.25, 0.3) is 5.91 Å². The Balaban J connectivity index is 1.48. The predicted octanol–water partition coefficient (Wildman–Crippen LogP) is 8.61. The van der Waals surface area contributed by atoms with Crippen LogP contribution in [0.5, 0.6) is 5.75 Å². The first-order chi connectivity index (χ1) is 18.7. The average Bonchev–Trinajstić information content (AvgIpc) is 2.96. The van der Waals surface area contributed by atoms with Gasteiger partial charge >= 0.3 is 0 Å². The van der Waals surface area contributed by atoms with E-state index in [1.165, 1.54) is 57.8 Å². The molecule has 0 aliphatic heterocycles. The summed E-state index contributed by atoms with van der Waals surface area (Å²) in [5.74, 6) is 0.242. The number of pyridine rings is 1. The Morgan fingerprint density at radius 3 is 2.05 bits per heavy atom. The number of carbonyl (C=O) groups excluding carboxylic acids is 1. The molecule has 0 bridgehead atoms. The van der Waals surface area contributed by atoms with E-state index in [-0.39, 0.29) is 17.7 Å². The molecule has 1 unspecified atom stereocenters. The fourth-order valence-electron chi connectivity index (χ4n) is 5.89. The van der Waals surface area contributed by atoms with E-state index in [4.69, 9.17) is 4.98 Å². The maximum Gasteiger partial charge on any atom is 0.256 e. The zero-order chi connectivity index (χ0) is 26.2. The van der Waals surface area contributed by atoms with Crippen molar-refractivity contribution in [1.29, 1.82) is 0 Å². The highest BCUT2D eigenvalue weighted by molar-refractivity contribution is 6.10. The van der Waals surface area contributed by atoms with Crippen LogP contribution < -0.4 is 5.32 Å². The molecule has 4 aromatic rings. The summed E-state index contributed by atoms with van der Waals surface area (Å²) >= 11 is 0. The quantitative estimate of drug-likeness (QED) is 0.275. The lowest BCUT2D eigenvalue weighted by Crippen LogP contribution is -2.30. The Morgan fingerprint density at radius 2 is 1.37 bits per heavy atom. The van der Waals surface area contributed by atoms with Crippen LogP contribution in [0.3, 0.4) is 0 Å². The van der Waals surface area contributed by atoms with Crippen molar-refractivity contribution in [3.63, 3.8) is 0 Å². The third-order valence-corrected chi connectivity index (χ3v) is 7.94. The third kappa shape index (κ3) is 6.24. The van der Waals surface area contributed by atoms with Crippen LogP contribution in [0.15, 0.2) is 84.9 Å². The second kappa shape index (κ2) is 12.7. The Morgan fingerprint density at radius 1 is 0.789 bits per heavy atom. The topological polar surface area (TPSA) is 62.2 Å². The molecule has 1 atom stereocenters. The van der Waals surface area contributed by atoms with Crippen molar-refractivity contribution in [2.75, 3.05) is 0 Å². The molecule has 1 heterocycles. The first kappa shape index (κ1) is 26.0. The number of amides is 1. The van der Waals surface area contributed by atoms with Crippen LogP contribution in [0, 0.1) is 5.92 Å². The number of aromatic hydroxyl groups is 1. The molecule has 0 saturated heterocycles. The van der Waals surface area contributed by atoms with Crippen molar-refractivity contribution in [2.45, 2.75) is 70.3 Å². The Labute approximate surface area is 226 Å². The number of fused-ring (bicyclic) bond motifs is 1. The third-order valence-electron chi connectivity index (χ3n) is 7.94. The molecule has 1 amide bonds. The van der Waals surface area contributed by atoms with Crippen LogP contribution in [-0.4, -0.2) is 16.0 Å². The predicted molar refractivity (Wildman–Crippen MR) is 155 cm³/mol. The van der Waals surface area contributed by atoms with Crippen LogP contribution in [0.2, 0.25) is 0 Å². The van der Waals surface area contributed by atoms with Crippen molar-refractivity contribution in [1.82, 2.24) is 10.3 Å². The summed E-state index contributed by atoms with van der Waals surface area (Å²) in [6, 6.07) is 27.3. The van der Waals surface area contributed by atoms with Gasteiger partial charge in [0.1, 0.15) is 5.69 Å². The van der Waals surface area contributed by atoms with Crippen molar-refractivity contribution in [3.8, 4) is 17.0 Å². The summed E-state index contributed by atoms with van der Waals surface area (Å²) < 4.78 is 0. The zero-order valence-electron chi connectivity index (χ0n) is 22.1. The van der Waals surface area contributed by atoms with Gasteiger partial charge in [-0.1, -0.05) is 137 Å². The number of nitrogens with zero attached hydrogens (tertiary/aromatic N) is 1. The van der Waals surface area contributed by atoms with E-state index in [0.717, 1.165) is 17.5 Å². The summed E-state index contributed by atoms with van der Waals surface area (Å²) in [5.41, 5.74) is 3.31. The zero-order valence-corrected chi connectivity index (χ0v) is 22.1. The van der Waals surface area contributed by atoms with Crippen LogP contribution in [0.4, 0.5) is 0 Å². The van der Waals surface area contributed by atoms with Crippen LogP contribution >= 0.6 is 0 Å². The van der Waals surface area contributed by atoms with Crippen molar-refractivity contribution >= 4 is 16.8 Å². The largest absolute Gasteiger partial charge is 0.505 e. The van der Waals surface area contributed by atoms with Gasteiger partial charge in [0, 0.05) is 10.9 Å². The number of hydrogen-bond acceptors (Lipinski definition) is 3. The van der Waals surface area contributed by atoms with Gasteiger partial charge in [0.2, 0.25) is 0 Å². The molecule has 1 aliphatic rings. The van der Waals surface area contributed by atoms with E-state index in [0.29, 0.717) is 28.1 Å². The van der Waals surface area contributed by atoms with Crippen LogP contribution in [0.1, 0.15) is 86.2 Å².